The van der Waals surface area contributed by atoms with Gasteiger partial charge >= 0.3 is 0 Å². The highest BCUT2D eigenvalue weighted by atomic mass is 35.5. The van der Waals surface area contributed by atoms with Crippen molar-refractivity contribution in [3.05, 3.63) is 59.6 Å². The molecule has 3 aliphatic heterocycles. The zero-order valence-corrected chi connectivity index (χ0v) is 21.0. The number of hydrogen-bond acceptors (Lipinski definition) is 5. The van der Waals surface area contributed by atoms with Crippen LogP contribution in [0.15, 0.2) is 54.6 Å². The van der Waals surface area contributed by atoms with Gasteiger partial charge in [0.1, 0.15) is 11.6 Å². The number of aliphatic hydroxyl groups is 1. The van der Waals surface area contributed by atoms with Crippen LogP contribution in [0.1, 0.15) is 33.1 Å². The fourth-order valence-corrected chi connectivity index (χ4v) is 6.53. The Labute approximate surface area is 215 Å². The molecule has 6 atom stereocenters. The number of benzene rings is 2. The summed E-state index contributed by atoms with van der Waals surface area (Å²) in [5, 5.41) is 16.3. The maximum Gasteiger partial charge on any atom is 0.250 e. The lowest BCUT2D eigenvalue weighted by atomic mass is 9.65. The van der Waals surface area contributed by atoms with Gasteiger partial charge in [-0.1, -0.05) is 36.7 Å². The SMILES string of the molecule is CC[C@@]12CCC3(O1)C(C(=O)Nc1ccc(Cl)cc1)N([C@H](C)CO)C(=O)[C@@H]3[C@@H]2C(=O)Nc1ccccc1. The number of amides is 3. The number of rotatable bonds is 7. The van der Waals surface area contributed by atoms with Gasteiger partial charge in [-0.25, -0.2) is 0 Å². The molecule has 2 aromatic rings. The van der Waals surface area contributed by atoms with Gasteiger partial charge in [0.25, 0.3) is 0 Å². The molecule has 190 valence electrons. The first-order chi connectivity index (χ1) is 17.3. The summed E-state index contributed by atoms with van der Waals surface area (Å²) in [6.07, 6.45) is 1.57. The van der Waals surface area contributed by atoms with Crippen LogP contribution < -0.4 is 10.6 Å². The molecule has 2 unspecified atom stereocenters. The molecule has 9 heteroatoms. The summed E-state index contributed by atoms with van der Waals surface area (Å²) < 4.78 is 6.69. The first kappa shape index (κ1) is 24.7. The second-order valence-corrected chi connectivity index (χ2v) is 10.4. The molecule has 3 saturated heterocycles. The van der Waals surface area contributed by atoms with Crippen molar-refractivity contribution in [3.63, 3.8) is 0 Å². The Balaban J connectivity index is 1.53. The number of hydrogen-bond donors (Lipinski definition) is 3. The van der Waals surface area contributed by atoms with Gasteiger partial charge in [0.2, 0.25) is 17.7 Å². The van der Waals surface area contributed by atoms with Crippen molar-refractivity contribution >= 4 is 40.7 Å². The quantitative estimate of drug-likeness (QED) is 0.527. The van der Waals surface area contributed by atoms with Crippen LogP contribution in [0, 0.1) is 11.8 Å². The van der Waals surface area contributed by atoms with Gasteiger partial charge in [-0.2, -0.15) is 0 Å². The van der Waals surface area contributed by atoms with Crippen molar-refractivity contribution in [3.8, 4) is 0 Å². The Bertz CT molecular complexity index is 1180. The first-order valence-corrected chi connectivity index (χ1v) is 12.7. The minimum atomic E-state index is -1.16. The van der Waals surface area contributed by atoms with E-state index in [1.165, 1.54) is 4.90 Å². The Morgan fingerprint density at radius 3 is 2.36 bits per heavy atom. The number of carbonyl (C=O) groups excluding carboxylic acids is 3. The van der Waals surface area contributed by atoms with Crippen LogP contribution in [0.3, 0.4) is 0 Å². The van der Waals surface area contributed by atoms with Gasteiger partial charge in [-0.15, -0.1) is 0 Å². The molecule has 36 heavy (non-hydrogen) atoms. The number of ether oxygens (including phenoxy) is 1. The summed E-state index contributed by atoms with van der Waals surface area (Å²) in [7, 11) is 0. The van der Waals surface area contributed by atoms with E-state index < -0.39 is 41.0 Å². The second kappa shape index (κ2) is 9.18. The molecule has 0 aromatic heterocycles. The van der Waals surface area contributed by atoms with Crippen molar-refractivity contribution in [1.29, 1.82) is 0 Å². The molecule has 5 rings (SSSR count). The van der Waals surface area contributed by atoms with E-state index in [1.807, 2.05) is 25.1 Å². The maximum absolute atomic E-state index is 14.0. The molecule has 3 heterocycles. The maximum atomic E-state index is 14.0. The van der Waals surface area contributed by atoms with Gasteiger partial charge in [-0.3, -0.25) is 14.4 Å². The van der Waals surface area contributed by atoms with Crippen LogP contribution in [-0.2, 0) is 19.1 Å². The van der Waals surface area contributed by atoms with Crippen LogP contribution in [0.5, 0.6) is 0 Å². The summed E-state index contributed by atoms with van der Waals surface area (Å²) in [6, 6.07) is 14.2. The van der Waals surface area contributed by atoms with E-state index in [9.17, 15) is 19.5 Å². The third-order valence-corrected chi connectivity index (χ3v) is 8.29. The number of aliphatic hydroxyl groups excluding tert-OH is 1. The van der Waals surface area contributed by atoms with E-state index in [0.29, 0.717) is 35.7 Å². The van der Waals surface area contributed by atoms with Gasteiger partial charge in [0.15, 0.2) is 0 Å². The molecular weight excluding hydrogens is 482 g/mol. The molecule has 1 spiro atoms. The summed E-state index contributed by atoms with van der Waals surface area (Å²) in [4.78, 5) is 42.8. The van der Waals surface area contributed by atoms with Gasteiger partial charge in [0.05, 0.1) is 30.1 Å². The van der Waals surface area contributed by atoms with E-state index in [-0.39, 0.29) is 18.4 Å². The van der Waals surface area contributed by atoms with Gasteiger partial charge in [-0.05, 0) is 62.6 Å². The van der Waals surface area contributed by atoms with Crippen LogP contribution in [0.2, 0.25) is 5.02 Å². The van der Waals surface area contributed by atoms with E-state index in [2.05, 4.69) is 10.6 Å². The highest BCUT2D eigenvalue weighted by Crippen LogP contribution is 2.64. The van der Waals surface area contributed by atoms with Crippen LogP contribution >= 0.6 is 11.6 Å². The lowest BCUT2D eigenvalue weighted by molar-refractivity contribution is -0.147. The Morgan fingerprint density at radius 2 is 1.72 bits per heavy atom. The number of nitrogens with one attached hydrogen (secondary N) is 2. The molecule has 2 aromatic carbocycles. The van der Waals surface area contributed by atoms with Crippen LogP contribution in [0.25, 0.3) is 0 Å². The fraction of sp³-hybridized carbons (Fsp3) is 0.444. The summed E-state index contributed by atoms with van der Waals surface area (Å²) >= 11 is 5.98. The van der Waals surface area contributed by atoms with Gasteiger partial charge in [0, 0.05) is 16.4 Å². The number of para-hydroxylation sites is 1. The average molecular weight is 512 g/mol. The molecule has 0 radical (unpaired) electrons. The number of anilines is 2. The van der Waals surface area contributed by atoms with Crippen molar-refractivity contribution in [1.82, 2.24) is 4.90 Å². The molecule has 3 aliphatic rings. The van der Waals surface area contributed by atoms with Crippen molar-refractivity contribution in [2.24, 2.45) is 11.8 Å². The Kier molecular flexibility index (Phi) is 6.31. The number of halogens is 1. The molecule has 0 saturated carbocycles. The van der Waals surface area contributed by atoms with E-state index in [4.69, 9.17) is 16.3 Å². The first-order valence-electron chi connectivity index (χ1n) is 12.3. The van der Waals surface area contributed by atoms with E-state index >= 15 is 0 Å². The summed E-state index contributed by atoms with van der Waals surface area (Å²) in [5.41, 5.74) is -0.837. The normalized spacial score (nSPS) is 31.3. The van der Waals surface area contributed by atoms with E-state index in [0.717, 1.165) is 0 Å². The molecule has 3 N–H and O–H groups in total. The molecule has 3 fully saturated rings. The average Bonchev–Trinajstić information content (AvgIpc) is 3.49. The predicted octanol–water partition coefficient (Wildman–Crippen LogP) is 3.45. The smallest absolute Gasteiger partial charge is 0.250 e. The zero-order valence-electron chi connectivity index (χ0n) is 20.2. The predicted molar refractivity (Wildman–Crippen MR) is 135 cm³/mol. The largest absolute Gasteiger partial charge is 0.394 e. The molecule has 2 bridgehead atoms. The lowest BCUT2D eigenvalue weighted by Gasteiger charge is -2.36. The van der Waals surface area contributed by atoms with Crippen molar-refractivity contribution in [2.75, 3.05) is 17.2 Å². The number of fused-ring (bicyclic) bond motifs is 1. The molecule has 8 nitrogen and oxygen atoms in total. The van der Waals surface area contributed by atoms with Crippen molar-refractivity contribution in [2.45, 2.75) is 56.4 Å². The minimum Gasteiger partial charge on any atom is -0.394 e. The van der Waals surface area contributed by atoms with Crippen LogP contribution in [0.4, 0.5) is 11.4 Å². The Hall–Kier alpha value is -2.94. The number of likely N-dealkylation sites (tertiary alicyclic amines) is 1. The number of nitrogens with zero attached hydrogens (tertiary/aromatic N) is 1. The molecular formula is C27H30ClN3O5. The standard InChI is InChI=1S/C27H30ClN3O5/c1-3-26-13-14-27(36-26)21(20(26)23(33)29-18-7-5-4-6-8-18)25(35)31(16(2)15-32)22(27)24(34)30-19-11-9-17(28)10-12-19/h4-12,16,20-22,32H,3,13-15H2,1-2H3,(H,29,33)(H,30,34)/t16-,20-,21+,22?,26+,27?/m1/s1. The fourth-order valence-electron chi connectivity index (χ4n) is 6.40. The second-order valence-electron chi connectivity index (χ2n) is 9.96. The monoisotopic (exact) mass is 511 g/mol. The number of carbonyl (C=O) groups is 3. The minimum absolute atomic E-state index is 0.293. The molecule has 3 amide bonds. The summed E-state index contributed by atoms with van der Waals surface area (Å²) in [6.45, 7) is 3.32. The Morgan fingerprint density at radius 1 is 1.08 bits per heavy atom. The summed E-state index contributed by atoms with van der Waals surface area (Å²) in [5.74, 6) is -2.63. The van der Waals surface area contributed by atoms with Gasteiger partial charge < -0.3 is 25.4 Å². The lowest BCUT2D eigenvalue weighted by Crippen LogP contribution is -2.55. The van der Waals surface area contributed by atoms with Crippen LogP contribution in [-0.4, -0.2) is 57.6 Å². The highest BCUT2D eigenvalue weighted by Gasteiger charge is 2.79. The van der Waals surface area contributed by atoms with E-state index in [1.54, 1.807) is 43.3 Å². The zero-order chi connectivity index (χ0) is 25.7. The third-order valence-electron chi connectivity index (χ3n) is 8.04. The van der Waals surface area contributed by atoms with Crippen molar-refractivity contribution < 1.29 is 24.2 Å². The topological polar surface area (TPSA) is 108 Å². The molecule has 0 aliphatic carbocycles. The highest BCUT2D eigenvalue weighted by molar-refractivity contribution is 6.30. The third kappa shape index (κ3) is 3.70.